The maximum atomic E-state index is 5.41. The van der Waals surface area contributed by atoms with Crippen LogP contribution in [-0.2, 0) is 4.74 Å². The fourth-order valence-corrected chi connectivity index (χ4v) is 3.04. The molecular weight excluding hydrogens is 238 g/mol. The van der Waals surface area contributed by atoms with Crippen LogP contribution < -0.4 is 4.90 Å². The van der Waals surface area contributed by atoms with Crippen LogP contribution in [0.4, 0.5) is 5.82 Å². The number of ether oxygens (including phenoxy) is 1. The Hall–Kier alpha value is -1.13. The number of nitrogens with zero attached hydrogens (tertiary/aromatic N) is 3. The summed E-state index contributed by atoms with van der Waals surface area (Å²) in [7, 11) is 0. The average molecular weight is 261 g/mol. The quantitative estimate of drug-likeness (QED) is 0.825. The molecule has 104 valence electrons. The highest BCUT2D eigenvalue weighted by molar-refractivity contribution is 5.40. The lowest BCUT2D eigenvalue weighted by atomic mass is 10.1. The van der Waals surface area contributed by atoms with E-state index in [0.717, 1.165) is 56.8 Å². The molecule has 2 saturated heterocycles. The lowest BCUT2D eigenvalue weighted by Gasteiger charge is -2.29. The van der Waals surface area contributed by atoms with Crippen molar-refractivity contribution in [2.24, 2.45) is 5.92 Å². The van der Waals surface area contributed by atoms with Crippen molar-refractivity contribution < 1.29 is 4.74 Å². The van der Waals surface area contributed by atoms with Gasteiger partial charge in [0.05, 0.1) is 13.2 Å². The Kier molecular flexibility index (Phi) is 3.99. The first-order valence-electron chi connectivity index (χ1n) is 7.30. The summed E-state index contributed by atoms with van der Waals surface area (Å²) in [5, 5.41) is 0. The van der Waals surface area contributed by atoms with E-state index in [-0.39, 0.29) is 0 Å². The summed E-state index contributed by atoms with van der Waals surface area (Å²) in [4.78, 5) is 9.60. The molecule has 2 aliphatic heterocycles. The van der Waals surface area contributed by atoms with E-state index in [1.54, 1.807) is 0 Å². The zero-order chi connectivity index (χ0) is 13.1. The van der Waals surface area contributed by atoms with Gasteiger partial charge in [-0.1, -0.05) is 6.07 Å². The molecule has 2 aliphatic rings. The molecule has 1 unspecified atom stereocenters. The molecule has 0 aliphatic carbocycles. The summed E-state index contributed by atoms with van der Waals surface area (Å²) < 4.78 is 5.41. The van der Waals surface area contributed by atoms with Gasteiger partial charge in [-0.3, -0.25) is 4.90 Å². The van der Waals surface area contributed by atoms with E-state index in [0.29, 0.717) is 0 Å². The first-order chi connectivity index (χ1) is 9.31. The number of hydrogen-bond acceptors (Lipinski definition) is 4. The molecule has 2 fully saturated rings. The molecular formula is C15H23N3O. The van der Waals surface area contributed by atoms with Crippen LogP contribution in [0.25, 0.3) is 0 Å². The topological polar surface area (TPSA) is 28.6 Å². The summed E-state index contributed by atoms with van der Waals surface area (Å²) in [5.74, 6) is 1.92. The second-order valence-electron chi connectivity index (χ2n) is 5.65. The molecule has 1 aromatic rings. The third-order valence-electron chi connectivity index (χ3n) is 4.10. The van der Waals surface area contributed by atoms with Gasteiger partial charge in [-0.25, -0.2) is 4.98 Å². The van der Waals surface area contributed by atoms with Crippen LogP contribution in [0.1, 0.15) is 12.1 Å². The van der Waals surface area contributed by atoms with Gasteiger partial charge in [-0.05, 0) is 31.4 Å². The highest BCUT2D eigenvalue weighted by Crippen LogP contribution is 2.23. The Bertz CT molecular complexity index is 418. The lowest BCUT2D eigenvalue weighted by molar-refractivity contribution is 0.0320. The van der Waals surface area contributed by atoms with Crippen molar-refractivity contribution >= 4 is 5.82 Å². The molecule has 0 aromatic carbocycles. The van der Waals surface area contributed by atoms with Crippen LogP contribution in [0.2, 0.25) is 0 Å². The Morgan fingerprint density at radius 2 is 2.11 bits per heavy atom. The van der Waals surface area contributed by atoms with E-state index in [1.807, 2.05) is 0 Å². The number of hydrogen-bond donors (Lipinski definition) is 0. The van der Waals surface area contributed by atoms with Gasteiger partial charge in [-0.2, -0.15) is 0 Å². The Balaban J connectivity index is 1.55. The van der Waals surface area contributed by atoms with E-state index >= 15 is 0 Å². The molecule has 0 amide bonds. The second kappa shape index (κ2) is 5.88. The zero-order valence-corrected chi connectivity index (χ0v) is 11.7. The summed E-state index contributed by atoms with van der Waals surface area (Å²) in [6.07, 6.45) is 1.28. The van der Waals surface area contributed by atoms with E-state index in [9.17, 15) is 0 Å². The van der Waals surface area contributed by atoms with E-state index in [1.165, 1.54) is 13.0 Å². The predicted molar refractivity (Wildman–Crippen MR) is 76.6 cm³/mol. The number of anilines is 1. The maximum Gasteiger partial charge on any atom is 0.128 e. The minimum Gasteiger partial charge on any atom is -0.379 e. The van der Waals surface area contributed by atoms with Crippen molar-refractivity contribution in [1.29, 1.82) is 0 Å². The Labute approximate surface area is 115 Å². The highest BCUT2D eigenvalue weighted by Gasteiger charge is 2.25. The number of aryl methyl sites for hydroxylation is 1. The van der Waals surface area contributed by atoms with E-state index in [2.05, 4.69) is 39.9 Å². The largest absolute Gasteiger partial charge is 0.379 e. The van der Waals surface area contributed by atoms with Crippen LogP contribution in [0.3, 0.4) is 0 Å². The summed E-state index contributed by atoms with van der Waals surface area (Å²) in [6, 6.07) is 6.29. The standard InChI is InChI=1S/C15H23N3O/c1-13-3-2-4-15(16-13)18-6-5-14(12-18)11-17-7-9-19-10-8-17/h2-4,14H,5-12H2,1H3. The van der Waals surface area contributed by atoms with Crippen molar-refractivity contribution in [2.45, 2.75) is 13.3 Å². The molecule has 0 radical (unpaired) electrons. The first-order valence-corrected chi connectivity index (χ1v) is 7.30. The van der Waals surface area contributed by atoms with Gasteiger partial charge in [-0.15, -0.1) is 0 Å². The van der Waals surface area contributed by atoms with Crippen molar-refractivity contribution in [1.82, 2.24) is 9.88 Å². The summed E-state index contributed by atoms with van der Waals surface area (Å²) >= 11 is 0. The van der Waals surface area contributed by atoms with Gasteiger partial charge in [0.25, 0.3) is 0 Å². The third kappa shape index (κ3) is 3.25. The zero-order valence-electron chi connectivity index (χ0n) is 11.7. The summed E-state index contributed by atoms with van der Waals surface area (Å²) in [5.41, 5.74) is 1.11. The van der Waals surface area contributed by atoms with E-state index < -0.39 is 0 Å². The van der Waals surface area contributed by atoms with Gasteiger partial charge in [0.15, 0.2) is 0 Å². The normalized spacial score (nSPS) is 24.9. The molecule has 4 nitrogen and oxygen atoms in total. The molecule has 1 atom stereocenters. The fraction of sp³-hybridized carbons (Fsp3) is 0.667. The number of aromatic nitrogens is 1. The number of pyridine rings is 1. The Morgan fingerprint density at radius 1 is 1.26 bits per heavy atom. The average Bonchev–Trinajstić information content (AvgIpc) is 2.88. The number of morpholine rings is 1. The van der Waals surface area contributed by atoms with Gasteiger partial charge < -0.3 is 9.64 Å². The smallest absolute Gasteiger partial charge is 0.128 e. The van der Waals surface area contributed by atoms with Crippen molar-refractivity contribution in [3.05, 3.63) is 23.9 Å². The maximum absolute atomic E-state index is 5.41. The minimum atomic E-state index is 0.778. The SMILES string of the molecule is Cc1cccc(N2CCC(CN3CCOCC3)C2)n1. The molecule has 0 saturated carbocycles. The van der Waals surface area contributed by atoms with Crippen molar-refractivity contribution in [3.8, 4) is 0 Å². The third-order valence-corrected chi connectivity index (χ3v) is 4.10. The molecule has 1 aromatic heterocycles. The monoisotopic (exact) mass is 261 g/mol. The molecule has 0 bridgehead atoms. The molecule has 3 rings (SSSR count). The second-order valence-corrected chi connectivity index (χ2v) is 5.65. The van der Waals surface area contributed by atoms with Crippen LogP contribution in [0, 0.1) is 12.8 Å². The van der Waals surface area contributed by atoms with Crippen molar-refractivity contribution in [2.75, 3.05) is 50.8 Å². The molecule has 0 spiro atoms. The van der Waals surface area contributed by atoms with Gasteiger partial charge in [0.2, 0.25) is 0 Å². The van der Waals surface area contributed by atoms with Crippen LogP contribution in [0.15, 0.2) is 18.2 Å². The summed E-state index contributed by atoms with van der Waals surface area (Å²) in [6.45, 7) is 9.56. The van der Waals surface area contributed by atoms with Crippen LogP contribution >= 0.6 is 0 Å². The molecule has 3 heterocycles. The van der Waals surface area contributed by atoms with Gasteiger partial charge in [0.1, 0.15) is 5.82 Å². The predicted octanol–water partition coefficient (Wildman–Crippen LogP) is 1.55. The van der Waals surface area contributed by atoms with Gasteiger partial charge in [0, 0.05) is 38.4 Å². The molecule has 0 N–H and O–H groups in total. The first kappa shape index (κ1) is 12.9. The molecule has 19 heavy (non-hydrogen) atoms. The van der Waals surface area contributed by atoms with Crippen LogP contribution in [-0.4, -0.2) is 55.8 Å². The molecule has 4 heteroatoms. The highest BCUT2D eigenvalue weighted by atomic mass is 16.5. The van der Waals surface area contributed by atoms with Crippen LogP contribution in [0.5, 0.6) is 0 Å². The minimum absolute atomic E-state index is 0.778. The fourth-order valence-electron chi connectivity index (χ4n) is 3.04. The lowest BCUT2D eigenvalue weighted by Crippen LogP contribution is -2.39. The Morgan fingerprint density at radius 3 is 2.89 bits per heavy atom. The van der Waals surface area contributed by atoms with Crippen molar-refractivity contribution in [3.63, 3.8) is 0 Å². The number of rotatable bonds is 3. The van der Waals surface area contributed by atoms with E-state index in [4.69, 9.17) is 4.74 Å². The van der Waals surface area contributed by atoms with Gasteiger partial charge >= 0.3 is 0 Å².